The van der Waals surface area contributed by atoms with E-state index in [1.165, 1.54) is 5.56 Å². The van der Waals surface area contributed by atoms with Gasteiger partial charge in [-0.15, -0.1) is 0 Å². The van der Waals surface area contributed by atoms with Gasteiger partial charge in [0.2, 0.25) is 0 Å². The van der Waals surface area contributed by atoms with Crippen LogP contribution in [0.5, 0.6) is 5.75 Å². The number of hydrogen-bond donors (Lipinski definition) is 1. The van der Waals surface area contributed by atoms with Crippen molar-refractivity contribution >= 4 is 31.9 Å². The largest absolute Gasteiger partial charge is 0.488 e. The van der Waals surface area contributed by atoms with Crippen molar-refractivity contribution in [2.24, 2.45) is 0 Å². The van der Waals surface area contributed by atoms with E-state index in [1.54, 1.807) is 0 Å². The molecule has 112 valence electrons. The van der Waals surface area contributed by atoms with E-state index in [4.69, 9.17) is 4.74 Å². The van der Waals surface area contributed by atoms with Crippen molar-refractivity contribution in [3.8, 4) is 5.75 Å². The first kappa shape index (κ1) is 16.5. The van der Waals surface area contributed by atoms with Gasteiger partial charge in [0.15, 0.2) is 0 Å². The third kappa shape index (κ3) is 4.56. The average molecular weight is 413 g/mol. The van der Waals surface area contributed by atoms with Gasteiger partial charge in [0.25, 0.3) is 0 Å². The van der Waals surface area contributed by atoms with Gasteiger partial charge in [-0.05, 0) is 31.7 Å². The Balaban J connectivity index is 2.18. The van der Waals surface area contributed by atoms with Crippen LogP contribution >= 0.6 is 31.9 Å². The number of halogens is 2. The molecule has 0 heterocycles. The smallest absolute Gasteiger partial charge is 0.125 e. The Labute approximate surface area is 143 Å². The molecule has 0 saturated heterocycles. The second-order valence-electron chi connectivity index (χ2n) is 4.84. The summed E-state index contributed by atoms with van der Waals surface area (Å²) >= 11 is 7.07. The van der Waals surface area contributed by atoms with Gasteiger partial charge in [0.05, 0.1) is 0 Å². The lowest BCUT2D eigenvalue weighted by molar-refractivity contribution is 0.299. The first-order valence-corrected chi connectivity index (χ1v) is 8.59. The van der Waals surface area contributed by atoms with Crippen LogP contribution in [0.2, 0.25) is 0 Å². The number of benzene rings is 2. The van der Waals surface area contributed by atoms with E-state index in [2.05, 4.69) is 69.2 Å². The molecular weight excluding hydrogens is 394 g/mol. The van der Waals surface area contributed by atoms with Gasteiger partial charge < -0.3 is 10.1 Å². The zero-order chi connectivity index (χ0) is 15.2. The van der Waals surface area contributed by atoms with Gasteiger partial charge in [0, 0.05) is 26.1 Å². The number of hydrogen-bond acceptors (Lipinski definition) is 2. The molecular formula is C17H19Br2NO. The van der Waals surface area contributed by atoms with Crippen molar-refractivity contribution in [2.75, 3.05) is 6.54 Å². The van der Waals surface area contributed by atoms with Crippen LogP contribution in [0.4, 0.5) is 0 Å². The molecule has 2 aromatic carbocycles. The van der Waals surface area contributed by atoms with Crippen LogP contribution in [-0.2, 0) is 6.61 Å². The second kappa shape index (κ2) is 7.97. The summed E-state index contributed by atoms with van der Waals surface area (Å²) < 4.78 is 8.15. The minimum Gasteiger partial charge on any atom is -0.488 e. The van der Waals surface area contributed by atoms with Gasteiger partial charge >= 0.3 is 0 Å². The fourth-order valence-electron chi connectivity index (χ4n) is 2.18. The highest BCUT2D eigenvalue weighted by molar-refractivity contribution is 9.10. The number of nitrogens with one attached hydrogen (secondary N) is 1. The lowest BCUT2D eigenvalue weighted by Gasteiger charge is -2.18. The molecule has 0 spiro atoms. The van der Waals surface area contributed by atoms with Crippen LogP contribution in [-0.4, -0.2) is 6.54 Å². The Morgan fingerprint density at radius 1 is 1.14 bits per heavy atom. The zero-order valence-corrected chi connectivity index (χ0v) is 15.4. The zero-order valence-electron chi connectivity index (χ0n) is 12.2. The predicted octanol–water partition coefficient (Wildman–Crippen LogP) is 5.46. The minimum absolute atomic E-state index is 0.261. The fraction of sp³-hybridized carbons (Fsp3) is 0.294. The normalized spacial score (nSPS) is 12.2. The van der Waals surface area contributed by atoms with Crippen LogP contribution in [0.3, 0.4) is 0 Å². The van der Waals surface area contributed by atoms with Gasteiger partial charge in [-0.3, -0.25) is 0 Å². The van der Waals surface area contributed by atoms with E-state index in [-0.39, 0.29) is 6.04 Å². The highest BCUT2D eigenvalue weighted by Gasteiger charge is 2.12. The molecule has 0 aliphatic carbocycles. The molecule has 4 heteroatoms. The maximum Gasteiger partial charge on any atom is 0.125 e. The molecule has 2 nitrogen and oxygen atoms in total. The van der Waals surface area contributed by atoms with Gasteiger partial charge in [-0.2, -0.15) is 0 Å². The van der Waals surface area contributed by atoms with Crippen molar-refractivity contribution in [1.29, 1.82) is 0 Å². The molecule has 0 bridgehead atoms. The summed E-state index contributed by atoms with van der Waals surface area (Å²) in [5.74, 6) is 0.911. The first-order chi connectivity index (χ1) is 10.1. The van der Waals surface area contributed by atoms with E-state index in [1.807, 2.05) is 24.3 Å². The minimum atomic E-state index is 0.261. The SMILES string of the molecule is CCNC(C)c1ccc(Br)cc1OCc1ccccc1Br. The molecule has 1 atom stereocenters. The Hall–Kier alpha value is -0.840. The van der Waals surface area contributed by atoms with E-state index in [0.29, 0.717) is 6.61 Å². The summed E-state index contributed by atoms with van der Waals surface area (Å²) in [6, 6.07) is 14.6. The van der Waals surface area contributed by atoms with Gasteiger partial charge in [-0.25, -0.2) is 0 Å². The van der Waals surface area contributed by atoms with E-state index < -0.39 is 0 Å². The summed E-state index contributed by atoms with van der Waals surface area (Å²) in [4.78, 5) is 0. The Kier molecular flexibility index (Phi) is 6.27. The standard InChI is InChI=1S/C17H19Br2NO/c1-3-20-12(2)15-9-8-14(18)10-17(15)21-11-13-6-4-5-7-16(13)19/h4-10,12,20H,3,11H2,1-2H3. The molecule has 0 aliphatic rings. The quantitative estimate of drug-likeness (QED) is 0.679. The molecule has 21 heavy (non-hydrogen) atoms. The van der Waals surface area contributed by atoms with Crippen LogP contribution in [0.1, 0.15) is 31.0 Å². The van der Waals surface area contributed by atoms with E-state index in [0.717, 1.165) is 26.8 Å². The van der Waals surface area contributed by atoms with Crippen LogP contribution in [0, 0.1) is 0 Å². The highest BCUT2D eigenvalue weighted by atomic mass is 79.9. The summed E-state index contributed by atoms with van der Waals surface area (Å²) in [7, 11) is 0. The second-order valence-corrected chi connectivity index (χ2v) is 6.61. The first-order valence-electron chi connectivity index (χ1n) is 7.01. The lowest BCUT2D eigenvalue weighted by atomic mass is 10.1. The maximum absolute atomic E-state index is 6.05. The van der Waals surface area contributed by atoms with E-state index in [9.17, 15) is 0 Å². The molecule has 1 N–H and O–H groups in total. The number of ether oxygens (including phenoxy) is 1. The highest BCUT2D eigenvalue weighted by Crippen LogP contribution is 2.30. The molecule has 0 saturated carbocycles. The predicted molar refractivity (Wildman–Crippen MR) is 94.7 cm³/mol. The molecule has 0 aliphatic heterocycles. The monoisotopic (exact) mass is 411 g/mol. The van der Waals surface area contributed by atoms with Gasteiger partial charge in [0.1, 0.15) is 12.4 Å². The van der Waals surface area contributed by atoms with Crippen molar-refractivity contribution in [3.05, 3.63) is 62.5 Å². The Morgan fingerprint density at radius 3 is 2.62 bits per heavy atom. The van der Waals surface area contributed by atoms with E-state index >= 15 is 0 Å². The molecule has 2 aromatic rings. The number of rotatable bonds is 6. The molecule has 0 radical (unpaired) electrons. The Bertz CT molecular complexity index is 601. The third-order valence-electron chi connectivity index (χ3n) is 3.29. The summed E-state index contributed by atoms with van der Waals surface area (Å²) in [5, 5.41) is 3.43. The topological polar surface area (TPSA) is 21.3 Å². The Morgan fingerprint density at radius 2 is 1.90 bits per heavy atom. The molecule has 0 aromatic heterocycles. The van der Waals surface area contributed by atoms with Crippen molar-refractivity contribution in [1.82, 2.24) is 5.32 Å². The lowest BCUT2D eigenvalue weighted by Crippen LogP contribution is -2.18. The molecule has 0 fully saturated rings. The maximum atomic E-state index is 6.05. The fourth-order valence-corrected chi connectivity index (χ4v) is 2.92. The van der Waals surface area contributed by atoms with Crippen LogP contribution in [0.15, 0.2) is 51.4 Å². The van der Waals surface area contributed by atoms with Crippen molar-refractivity contribution < 1.29 is 4.74 Å². The van der Waals surface area contributed by atoms with Crippen LogP contribution in [0.25, 0.3) is 0 Å². The summed E-state index contributed by atoms with van der Waals surface area (Å²) in [5.41, 5.74) is 2.31. The molecule has 1 unspecified atom stereocenters. The average Bonchev–Trinajstić information content (AvgIpc) is 2.46. The van der Waals surface area contributed by atoms with Gasteiger partial charge in [-0.1, -0.05) is 63.0 Å². The molecule has 0 amide bonds. The molecule has 2 rings (SSSR count). The third-order valence-corrected chi connectivity index (χ3v) is 4.56. The van der Waals surface area contributed by atoms with Crippen LogP contribution < -0.4 is 10.1 Å². The van der Waals surface area contributed by atoms with Crippen molar-refractivity contribution in [2.45, 2.75) is 26.5 Å². The summed E-state index contributed by atoms with van der Waals surface area (Å²) in [6.45, 7) is 5.74. The summed E-state index contributed by atoms with van der Waals surface area (Å²) in [6.07, 6.45) is 0. The van der Waals surface area contributed by atoms with Crippen molar-refractivity contribution in [3.63, 3.8) is 0 Å².